The zero-order chi connectivity index (χ0) is 21.7. The molecule has 0 saturated carbocycles. The van der Waals surface area contributed by atoms with E-state index in [1.54, 1.807) is 12.1 Å². The lowest BCUT2D eigenvalue weighted by Crippen LogP contribution is -2.47. The molecule has 0 bridgehead atoms. The van der Waals surface area contributed by atoms with Crippen LogP contribution in [0.1, 0.15) is 49.8 Å². The zero-order valence-corrected chi connectivity index (χ0v) is 20.6. The molecule has 2 saturated heterocycles. The number of piperidine rings is 2. The molecule has 2 fully saturated rings. The van der Waals surface area contributed by atoms with Gasteiger partial charge in [-0.15, -0.1) is 24.0 Å². The van der Waals surface area contributed by atoms with Crippen LogP contribution in [-0.2, 0) is 6.18 Å². The highest BCUT2D eigenvalue weighted by Crippen LogP contribution is 2.37. The third kappa shape index (κ3) is 6.95. The molecule has 3 rings (SSSR count). The Hall–Kier alpha value is -1.07. The van der Waals surface area contributed by atoms with E-state index in [-0.39, 0.29) is 42.0 Å². The summed E-state index contributed by atoms with van der Waals surface area (Å²) in [5.74, 6) is 1.10. The third-order valence-electron chi connectivity index (χ3n) is 6.16. The first-order valence-corrected chi connectivity index (χ1v) is 10.9. The molecule has 5 nitrogen and oxygen atoms in total. The molecule has 176 valence electrons. The van der Waals surface area contributed by atoms with Gasteiger partial charge in [-0.05, 0) is 69.8 Å². The second-order valence-electron chi connectivity index (χ2n) is 8.36. The minimum atomic E-state index is -4.32. The Balaban J connectivity index is 0.00000341. The van der Waals surface area contributed by atoms with Crippen LogP contribution in [0.15, 0.2) is 29.3 Å². The molecule has 1 aromatic carbocycles. The third-order valence-corrected chi connectivity index (χ3v) is 6.16. The van der Waals surface area contributed by atoms with Crippen molar-refractivity contribution in [3.8, 4) is 0 Å². The van der Waals surface area contributed by atoms with Crippen LogP contribution in [0.3, 0.4) is 0 Å². The van der Waals surface area contributed by atoms with Crippen LogP contribution in [0.2, 0.25) is 0 Å². The highest BCUT2D eigenvalue weighted by atomic mass is 127. The number of likely N-dealkylation sites (tertiary alicyclic amines) is 2. The van der Waals surface area contributed by atoms with Gasteiger partial charge in [-0.25, -0.2) is 0 Å². The summed E-state index contributed by atoms with van der Waals surface area (Å²) in [6.45, 7) is 5.91. The van der Waals surface area contributed by atoms with Crippen molar-refractivity contribution < 1.29 is 18.3 Å². The average molecular weight is 554 g/mol. The molecule has 2 N–H and O–H groups in total. The lowest BCUT2D eigenvalue weighted by Gasteiger charge is -2.39. The van der Waals surface area contributed by atoms with Gasteiger partial charge in [0, 0.05) is 32.2 Å². The SMILES string of the molecule is CCNC(=NCC1CCCN(C)C1c1ccc(C(F)(F)F)cc1)N1CCC(O)CC1.I. The summed E-state index contributed by atoms with van der Waals surface area (Å²) in [6, 6.07) is 5.64. The predicted molar refractivity (Wildman–Crippen MR) is 128 cm³/mol. The average Bonchev–Trinajstić information content (AvgIpc) is 2.71. The van der Waals surface area contributed by atoms with Crippen LogP contribution >= 0.6 is 24.0 Å². The molecule has 0 aromatic heterocycles. The molecule has 0 aliphatic carbocycles. The smallest absolute Gasteiger partial charge is 0.393 e. The van der Waals surface area contributed by atoms with Gasteiger partial charge >= 0.3 is 6.18 Å². The van der Waals surface area contributed by atoms with Crippen molar-refractivity contribution in [2.45, 2.75) is 50.9 Å². The normalized spacial score (nSPS) is 24.1. The minimum Gasteiger partial charge on any atom is -0.393 e. The molecule has 0 spiro atoms. The quantitative estimate of drug-likeness (QED) is 0.334. The first-order chi connectivity index (χ1) is 14.3. The van der Waals surface area contributed by atoms with Gasteiger partial charge < -0.3 is 15.3 Å². The number of nitrogens with one attached hydrogen (secondary N) is 1. The summed E-state index contributed by atoms with van der Waals surface area (Å²) < 4.78 is 38.8. The van der Waals surface area contributed by atoms with Crippen molar-refractivity contribution in [3.63, 3.8) is 0 Å². The summed E-state index contributed by atoms with van der Waals surface area (Å²) in [4.78, 5) is 9.32. The maximum Gasteiger partial charge on any atom is 0.416 e. The summed E-state index contributed by atoms with van der Waals surface area (Å²) in [7, 11) is 2.04. The van der Waals surface area contributed by atoms with Crippen molar-refractivity contribution in [2.75, 3.05) is 39.8 Å². The van der Waals surface area contributed by atoms with E-state index in [0.717, 1.165) is 63.4 Å². The molecular weight excluding hydrogens is 520 g/mol. The lowest BCUT2D eigenvalue weighted by molar-refractivity contribution is -0.137. The minimum absolute atomic E-state index is 0. The maximum absolute atomic E-state index is 12.9. The molecule has 2 atom stereocenters. The number of aliphatic hydroxyl groups is 1. The van der Waals surface area contributed by atoms with E-state index < -0.39 is 11.7 Å². The van der Waals surface area contributed by atoms with Crippen LogP contribution < -0.4 is 5.32 Å². The first-order valence-electron chi connectivity index (χ1n) is 10.9. The fraction of sp³-hybridized carbons (Fsp3) is 0.682. The van der Waals surface area contributed by atoms with Gasteiger partial charge in [0.1, 0.15) is 0 Å². The number of rotatable bonds is 4. The van der Waals surface area contributed by atoms with E-state index in [1.165, 1.54) is 12.1 Å². The highest BCUT2D eigenvalue weighted by Gasteiger charge is 2.33. The number of hydrogen-bond donors (Lipinski definition) is 2. The molecule has 0 radical (unpaired) electrons. The van der Waals surface area contributed by atoms with E-state index >= 15 is 0 Å². The summed E-state index contributed by atoms with van der Waals surface area (Å²) in [6.07, 6.45) is -1.02. The molecule has 2 heterocycles. The summed E-state index contributed by atoms with van der Waals surface area (Å²) >= 11 is 0. The van der Waals surface area contributed by atoms with Crippen LogP contribution in [0.4, 0.5) is 13.2 Å². The van der Waals surface area contributed by atoms with Crippen molar-refractivity contribution in [3.05, 3.63) is 35.4 Å². The summed E-state index contributed by atoms with van der Waals surface area (Å²) in [5.41, 5.74) is 0.303. The fourth-order valence-electron chi connectivity index (χ4n) is 4.55. The Morgan fingerprint density at radius 1 is 1.13 bits per heavy atom. The standard InChI is InChI=1S/C22H33F3N4O.HI/c1-3-26-21(29-13-10-19(30)11-14-29)27-15-17-5-4-12-28(2)20(17)16-6-8-18(9-7-16)22(23,24)25;/h6-9,17,19-20,30H,3-5,10-15H2,1-2H3,(H,26,27);1H. The molecule has 2 aliphatic heterocycles. The van der Waals surface area contributed by atoms with Crippen molar-refractivity contribution in [1.29, 1.82) is 0 Å². The Kier molecular flexibility index (Phi) is 9.88. The van der Waals surface area contributed by atoms with Crippen molar-refractivity contribution >= 4 is 29.9 Å². The number of benzene rings is 1. The molecule has 9 heteroatoms. The monoisotopic (exact) mass is 554 g/mol. The Bertz CT molecular complexity index is 706. The van der Waals surface area contributed by atoms with E-state index in [9.17, 15) is 18.3 Å². The Morgan fingerprint density at radius 2 is 1.77 bits per heavy atom. The van der Waals surface area contributed by atoms with E-state index in [2.05, 4.69) is 15.1 Å². The van der Waals surface area contributed by atoms with E-state index in [4.69, 9.17) is 4.99 Å². The number of aliphatic imine (C=N–C) groups is 1. The van der Waals surface area contributed by atoms with Gasteiger partial charge in [-0.3, -0.25) is 9.89 Å². The van der Waals surface area contributed by atoms with Crippen LogP contribution in [0, 0.1) is 5.92 Å². The second-order valence-corrected chi connectivity index (χ2v) is 8.36. The van der Waals surface area contributed by atoms with Crippen molar-refractivity contribution in [1.82, 2.24) is 15.1 Å². The van der Waals surface area contributed by atoms with Gasteiger partial charge in [-0.1, -0.05) is 12.1 Å². The number of alkyl halides is 3. The first kappa shape index (κ1) is 26.2. The largest absolute Gasteiger partial charge is 0.416 e. The second kappa shape index (κ2) is 11.7. The van der Waals surface area contributed by atoms with E-state index in [1.807, 2.05) is 14.0 Å². The lowest BCUT2D eigenvalue weighted by atomic mass is 9.84. The van der Waals surface area contributed by atoms with Gasteiger partial charge in [0.2, 0.25) is 0 Å². The van der Waals surface area contributed by atoms with Crippen LogP contribution in [-0.4, -0.2) is 66.7 Å². The highest BCUT2D eigenvalue weighted by molar-refractivity contribution is 14.0. The molecular formula is C22H34F3IN4O. The number of guanidine groups is 1. The molecule has 31 heavy (non-hydrogen) atoms. The molecule has 0 amide bonds. The molecule has 2 aliphatic rings. The summed E-state index contributed by atoms with van der Waals surface area (Å²) in [5, 5.41) is 13.1. The number of nitrogens with zero attached hydrogens (tertiary/aromatic N) is 3. The zero-order valence-electron chi connectivity index (χ0n) is 18.2. The number of hydrogen-bond acceptors (Lipinski definition) is 3. The topological polar surface area (TPSA) is 51.1 Å². The fourth-order valence-corrected chi connectivity index (χ4v) is 4.55. The van der Waals surface area contributed by atoms with Gasteiger partial charge in [0.05, 0.1) is 11.7 Å². The van der Waals surface area contributed by atoms with Gasteiger partial charge in [0.25, 0.3) is 0 Å². The van der Waals surface area contributed by atoms with E-state index in [0.29, 0.717) is 6.54 Å². The van der Waals surface area contributed by atoms with Crippen LogP contribution in [0.5, 0.6) is 0 Å². The molecule has 2 unspecified atom stereocenters. The number of aliphatic hydroxyl groups excluding tert-OH is 1. The predicted octanol–water partition coefficient (Wildman–Crippen LogP) is 4.13. The Labute approximate surface area is 200 Å². The number of halogens is 4. The van der Waals surface area contributed by atoms with Crippen molar-refractivity contribution in [2.24, 2.45) is 10.9 Å². The molecule has 1 aromatic rings. The van der Waals surface area contributed by atoms with Gasteiger partial charge in [-0.2, -0.15) is 13.2 Å². The Morgan fingerprint density at radius 3 is 2.35 bits per heavy atom. The van der Waals surface area contributed by atoms with Crippen LogP contribution in [0.25, 0.3) is 0 Å². The maximum atomic E-state index is 12.9. The van der Waals surface area contributed by atoms with Gasteiger partial charge in [0.15, 0.2) is 5.96 Å².